The van der Waals surface area contributed by atoms with Gasteiger partial charge in [0.05, 0.1) is 23.2 Å². The van der Waals surface area contributed by atoms with Crippen molar-refractivity contribution < 1.29 is 8.42 Å². The van der Waals surface area contributed by atoms with E-state index >= 15 is 0 Å². The first-order chi connectivity index (χ1) is 7.15. The number of pyridine rings is 1. The van der Waals surface area contributed by atoms with Crippen LogP contribution in [0.5, 0.6) is 0 Å². The number of anilines is 1. The molecular formula is C10H10N2O2S. The molecule has 0 atom stereocenters. The fourth-order valence-corrected chi connectivity index (χ4v) is 1.93. The van der Waals surface area contributed by atoms with Gasteiger partial charge in [-0.25, -0.2) is 8.42 Å². The quantitative estimate of drug-likeness (QED) is 0.741. The van der Waals surface area contributed by atoms with E-state index in [2.05, 4.69) is 4.98 Å². The predicted molar refractivity (Wildman–Crippen MR) is 60.2 cm³/mol. The van der Waals surface area contributed by atoms with E-state index in [0.29, 0.717) is 5.69 Å². The van der Waals surface area contributed by atoms with Gasteiger partial charge in [0.1, 0.15) is 10.7 Å². The van der Waals surface area contributed by atoms with Crippen molar-refractivity contribution in [2.75, 3.05) is 5.73 Å². The van der Waals surface area contributed by atoms with Crippen LogP contribution >= 0.6 is 0 Å². The standard InChI is InChI=1S/C10H10N2O2S/c11-9-4-8-2-1-7(6-15(13)14)3-10(8)12-5-9/h1-5,15H,6,11H2. The maximum absolute atomic E-state index is 10.6. The molecule has 2 rings (SSSR count). The summed E-state index contributed by atoms with van der Waals surface area (Å²) in [5.41, 5.74) is 7.69. The molecule has 0 radical (unpaired) electrons. The van der Waals surface area contributed by atoms with Crippen LogP contribution in [0.2, 0.25) is 0 Å². The number of aromatic nitrogens is 1. The molecule has 15 heavy (non-hydrogen) atoms. The average molecular weight is 222 g/mol. The van der Waals surface area contributed by atoms with Crippen LogP contribution in [0.3, 0.4) is 0 Å². The third kappa shape index (κ3) is 2.24. The van der Waals surface area contributed by atoms with Crippen molar-refractivity contribution in [1.29, 1.82) is 0 Å². The highest BCUT2D eigenvalue weighted by atomic mass is 32.2. The van der Waals surface area contributed by atoms with E-state index in [1.165, 1.54) is 0 Å². The van der Waals surface area contributed by atoms with Crippen LogP contribution in [0.15, 0.2) is 30.5 Å². The van der Waals surface area contributed by atoms with Crippen molar-refractivity contribution in [3.8, 4) is 0 Å². The molecule has 0 unspecified atom stereocenters. The third-order valence-corrected chi connectivity index (χ3v) is 2.70. The summed E-state index contributed by atoms with van der Waals surface area (Å²) in [6.45, 7) is 0. The summed E-state index contributed by atoms with van der Waals surface area (Å²) in [4.78, 5) is 4.13. The van der Waals surface area contributed by atoms with Gasteiger partial charge in [-0.05, 0) is 17.7 Å². The van der Waals surface area contributed by atoms with Crippen LogP contribution < -0.4 is 5.73 Å². The maximum atomic E-state index is 10.6. The molecule has 1 heterocycles. The van der Waals surface area contributed by atoms with E-state index in [0.717, 1.165) is 16.5 Å². The van der Waals surface area contributed by atoms with Crippen molar-refractivity contribution in [1.82, 2.24) is 4.98 Å². The number of benzene rings is 1. The van der Waals surface area contributed by atoms with Gasteiger partial charge in [0.15, 0.2) is 0 Å². The highest BCUT2D eigenvalue weighted by Gasteiger charge is 1.99. The Bertz CT molecular complexity index is 571. The van der Waals surface area contributed by atoms with Gasteiger partial charge in [-0.2, -0.15) is 0 Å². The molecule has 1 aromatic heterocycles. The molecular weight excluding hydrogens is 212 g/mol. The van der Waals surface area contributed by atoms with Gasteiger partial charge in [0.25, 0.3) is 0 Å². The first kappa shape index (κ1) is 9.92. The highest BCUT2D eigenvalue weighted by Crippen LogP contribution is 2.16. The molecule has 0 bridgehead atoms. The monoisotopic (exact) mass is 222 g/mol. The summed E-state index contributed by atoms with van der Waals surface area (Å²) >= 11 is 0. The second-order valence-electron chi connectivity index (χ2n) is 3.29. The Balaban J connectivity index is 2.52. The molecule has 0 fully saturated rings. The normalized spacial score (nSPS) is 11.0. The maximum Gasteiger partial charge on any atom is 0.144 e. The van der Waals surface area contributed by atoms with Gasteiger partial charge >= 0.3 is 0 Å². The van der Waals surface area contributed by atoms with E-state index in [9.17, 15) is 8.42 Å². The second-order valence-corrected chi connectivity index (χ2v) is 4.27. The van der Waals surface area contributed by atoms with Crippen LogP contribution in [0.25, 0.3) is 10.9 Å². The molecule has 0 saturated carbocycles. The van der Waals surface area contributed by atoms with Crippen LogP contribution in [0.1, 0.15) is 5.56 Å². The molecule has 0 spiro atoms. The first-order valence-corrected chi connectivity index (χ1v) is 5.77. The zero-order chi connectivity index (χ0) is 10.8. The summed E-state index contributed by atoms with van der Waals surface area (Å²) in [5.74, 6) is 0.0529. The predicted octanol–water partition coefficient (Wildman–Crippen LogP) is 0.928. The molecule has 0 amide bonds. The summed E-state index contributed by atoms with van der Waals surface area (Å²) in [6.07, 6.45) is 1.56. The van der Waals surface area contributed by atoms with Gasteiger partial charge in [-0.1, -0.05) is 12.1 Å². The summed E-state index contributed by atoms with van der Waals surface area (Å²) in [6, 6.07) is 7.17. The van der Waals surface area contributed by atoms with Crippen molar-refractivity contribution in [2.45, 2.75) is 5.75 Å². The molecule has 4 nitrogen and oxygen atoms in total. The van der Waals surface area contributed by atoms with Crippen LogP contribution in [0.4, 0.5) is 5.69 Å². The Hall–Kier alpha value is -1.62. The van der Waals surface area contributed by atoms with Gasteiger partial charge in [0, 0.05) is 5.39 Å². The number of fused-ring (bicyclic) bond motifs is 1. The van der Waals surface area contributed by atoms with Crippen LogP contribution in [0, 0.1) is 0 Å². The Labute approximate surface area is 88.7 Å². The first-order valence-electron chi connectivity index (χ1n) is 4.41. The van der Waals surface area contributed by atoms with Crippen molar-refractivity contribution in [3.63, 3.8) is 0 Å². The number of rotatable bonds is 2. The molecule has 0 saturated heterocycles. The molecule has 0 aliphatic carbocycles. The summed E-state index contributed by atoms with van der Waals surface area (Å²) in [7, 11) is -2.39. The zero-order valence-electron chi connectivity index (χ0n) is 7.88. The number of nitrogens with zero attached hydrogens (tertiary/aromatic N) is 1. The van der Waals surface area contributed by atoms with Gasteiger partial charge in [-0.3, -0.25) is 4.98 Å². The Morgan fingerprint density at radius 1 is 1.27 bits per heavy atom. The fraction of sp³-hybridized carbons (Fsp3) is 0.100. The lowest BCUT2D eigenvalue weighted by molar-refractivity contribution is 0.614. The van der Waals surface area contributed by atoms with Crippen molar-refractivity contribution in [2.24, 2.45) is 0 Å². The Kier molecular flexibility index (Phi) is 2.55. The van der Waals surface area contributed by atoms with Gasteiger partial charge in [0.2, 0.25) is 0 Å². The third-order valence-electron chi connectivity index (χ3n) is 2.08. The van der Waals surface area contributed by atoms with Crippen molar-refractivity contribution >= 4 is 27.3 Å². The number of thiol groups is 1. The molecule has 78 valence electrons. The molecule has 2 aromatic rings. The molecule has 5 heteroatoms. The second kappa shape index (κ2) is 3.86. The minimum absolute atomic E-state index is 0.0529. The van der Waals surface area contributed by atoms with E-state index in [4.69, 9.17) is 5.73 Å². The number of hydrogen-bond donors (Lipinski definition) is 2. The lowest BCUT2D eigenvalue weighted by atomic mass is 10.1. The average Bonchev–Trinajstić information content (AvgIpc) is 2.17. The lowest BCUT2D eigenvalue weighted by Crippen LogP contribution is -1.90. The van der Waals surface area contributed by atoms with E-state index in [-0.39, 0.29) is 5.75 Å². The van der Waals surface area contributed by atoms with Gasteiger partial charge in [-0.15, -0.1) is 0 Å². The summed E-state index contributed by atoms with van der Waals surface area (Å²) in [5, 5.41) is 0.917. The van der Waals surface area contributed by atoms with E-state index in [1.807, 2.05) is 12.1 Å². The number of nitrogens with two attached hydrogens (primary N) is 1. The minimum Gasteiger partial charge on any atom is -0.397 e. The number of hydrogen-bond acceptors (Lipinski definition) is 4. The van der Waals surface area contributed by atoms with E-state index in [1.54, 1.807) is 18.3 Å². The molecule has 0 aliphatic rings. The summed E-state index contributed by atoms with van der Waals surface area (Å²) < 4.78 is 21.1. The fourth-order valence-electron chi connectivity index (χ4n) is 1.43. The largest absolute Gasteiger partial charge is 0.397 e. The van der Waals surface area contributed by atoms with Crippen LogP contribution in [-0.2, 0) is 16.5 Å². The topological polar surface area (TPSA) is 73.0 Å². The molecule has 1 aromatic carbocycles. The molecule has 2 N–H and O–H groups in total. The smallest absolute Gasteiger partial charge is 0.144 e. The van der Waals surface area contributed by atoms with Crippen LogP contribution in [-0.4, -0.2) is 13.4 Å². The van der Waals surface area contributed by atoms with E-state index < -0.39 is 10.7 Å². The van der Waals surface area contributed by atoms with Crippen molar-refractivity contribution in [3.05, 3.63) is 36.0 Å². The highest BCUT2D eigenvalue weighted by molar-refractivity contribution is 7.71. The Morgan fingerprint density at radius 2 is 2.07 bits per heavy atom. The van der Waals surface area contributed by atoms with Gasteiger partial charge < -0.3 is 5.73 Å². The minimum atomic E-state index is -2.39. The Morgan fingerprint density at radius 3 is 2.80 bits per heavy atom. The lowest BCUT2D eigenvalue weighted by Gasteiger charge is -2.00. The number of nitrogen functional groups attached to an aromatic ring is 1. The SMILES string of the molecule is Nc1cnc2cc(C[SH](=O)=O)ccc2c1. The zero-order valence-corrected chi connectivity index (χ0v) is 8.78. The molecule has 0 aliphatic heterocycles.